The topological polar surface area (TPSA) is 42.5 Å². The van der Waals surface area contributed by atoms with Crippen molar-refractivity contribution in [2.75, 3.05) is 23.8 Å². The Kier molecular flexibility index (Phi) is 4.48. The lowest BCUT2D eigenvalue weighted by molar-refractivity contribution is -0.136. The van der Waals surface area contributed by atoms with Crippen LogP contribution >= 0.6 is 12.2 Å². The molecule has 0 fully saturated rings. The molecule has 3 rings (SSSR count). The molecule has 1 heterocycles. The highest BCUT2D eigenvalue weighted by atomic mass is 32.1. The molecular weight excluding hydrogens is 341 g/mol. The molecule has 0 atom stereocenters. The Bertz CT molecular complexity index is 765. The van der Waals surface area contributed by atoms with Gasteiger partial charge in [0.1, 0.15) is 13.2 Å². The van der Waals surface area contributed by atoms with E-state index < -0.39 is 11.7 Å². The summed E-state index contributed by atoms with van der Waals surface area (Å²) in [5.74, 6) is 1.18. The molecule has 0 amide bonds. The van der Waals surface area contributed by atoms with Gasteiger partial charge in [0.15, 0.2) is 16.6 Å². The van der Waals surface area contributed by atoms with Gasteiger partial charge < -0.3 is 20.1 Å². The predicted molar refractivity (Wildman–Crippen MR) is 88.7 cm³/mol. The van der Waals surface area contributed by atoms with Gasteiger partial charge in [0, 0.05) is 11.8 Å². The summed E-state index contributed by atoms with van der Waals surface area (Å²) in [5.41, 5.74) is -0.308. The van der Waals surface area contributed by atoms with Crippen LogP contribution in [0.2, 0.25) is 0 Å². The minimum Gasteiger partial charge on any atom is -0.486 e. The first-order valence-corrected chi connectivity index (χ1v) is 7.48. The van der Waals surface area contributed by atoms with Crippen molar-refractivity contribution in [1.82, 2.24) is 0 Å². The van der Waals surface area contributed by atoms with Crippen molar-refractivity contribution < 1.29 is 22.6 Å². The summed E-state index contributed by atoms with van der Waals surface area (Å²) in [7, 11) is 0. The highest BCUT2D eigenvalue weighted by Crippen LogP contribution is 2.35. The molecule has 0 unspecified atom stereocenters. The summed E-state index contributed by atoms with van der Waals surface area (Å²) in [5, 5.41) is 5.46. The Morgan fingerprint density at radius 2 is 1.67 bits per heavy atom. The molecule has 24 heavy (non-hydrogen) atoms. The van der Waals surface area contributed by atoms with Crippen LogP contribution in [0.1, 0.15) is 5.56 Å². The number of ether oxygens (including phenoxy) is 2. The van der Waals surface area contributed by atoms with E-state index in [1.807, 2.05) is 0 Å². The molecule has 2 N–H and O–H groups in total. The molecular formula is C16H13F3N2O2S. The summed E-state index contributed by atoms with van der Waals surface area (Å²) in [6.07, 6.45) is -4.46. The Balaban J connectivity index is 1.73. The molecule has 2 aromatic rings. The lowest BCUT2D eigenvalue weighted by Crippen LogP contribution is -2.22. The van der Waals surface area contributed by atoms with Gasteiger partial charge in [-0.25, -0.2) is 0 Å². The fraction of sp³-hybridized carbons (Fsp3) is 0.188. The Hall–Kier alpha value is -2.48. The summed E-state index contributed by atoms with van der Waals surface area (Å²) < 4.78 is 49.8. The lowest BCUT2D eigenvalue weighted by atomic mass is 10.1. The molecule has 0 radical (unpaired) electrons. The monoisotopic (exact) mass is 354 g/mol. The second-order valence-corrected chi connectivity index (χ2v) is 5.39. The molecule has 0 spiro atoms. The first-order valence-electron chi connectivity index (χ1n) is 7.07. The van der Waals surface area contributed by atoms with Crippen LogP contribution in [0, 0.1) is 0 Å². The average Bonchev–Trinajstić information content (AvgIpc) is 2.54. The number of alkyl halides is 3. The van der Waals surface area contributed by atoms with Crippen molar-refractivity contribution in [1.29, 1.82) is 0 Å². The van der Waals surface area contributed by atoms with Crippen molar-refractivity contribution in [2.45, 2.75) is 6.18 Å². The molecule has 2 aromatic carbocycles. The molecule has 1 aliphatic heterocycles. The van der Waals surface area contributed by atoms with Gasteiger partial charge in [-0.3, -0.25) is 0 Å². The van der Waals surface area contributed by atoms with Crippen molar-refractivity contribution in [3.63, 3.8) is 0 Å². The van der Waals surface area contributed by atoms with E-state index in [0.717, 1.165) is 6.07 Å². The minimum atomic E-state index is -4.46. The summed E-state index contributed by atoms with van der Waals surface area (Å²) >= 11 is 5.09. The second kappa shape index (κ2) is 6.56. The fourth-order valence-corrected chi connectivity index (χ4v) is 2.47. The molecule has 0 saturated carbocycles. The SMILES string of the molecule is FC(F)(F)c1ccccc1NC(=S)Nc1ccc2c(c1)OCCO2. The van der Waals surface area contributed by atoms with E-state index in [2.05, 4.69) is 10.6 Å². The highest BCUT2D eigenvalue weighted by Gasteiger charge is 2.33. The average molecular weight is 354 g/mol. The summed E-state index contributed by atoms with van der Waals surface area (Å²) in [6.45, 7) is 0.923. The number of hydrogen-bond donors (Lipinski definition) is 2. The molecule has 8 heteroatoms. The first-order chi connectivity index (χ1) is 11.4. The quantitative estimate of drug-likeness (QED) is 0.788. The van der Waals surface area contributed by atoms with Crippen molar-refractivity contribution in [2.24, 2.45) is 0 Å². The molecule has 1 aliphatic rings. The molecule has 0 bridgehead atoms. The Morgan fingerprint density at radius 1 is 0.958 bits per heavy atom. The number of halogens is 3. The zero-order chi connectivity index (χ0) is 17.2. The normalized spacial score (nSPS) is 13.3. The van der Waals surface area contributed by atoms with Crippen molar-refractivity contribution >= 4 is 28.7 Å². The minimum absolute atomic E-state index is 0.0448. The van der Waals surface area contributed by atoms with Gasteiger partial charge in [0.2, 0.25) is 0 Å². The van der Waals surface area contributed by atoms with Gasteiger partial charge in [-0.1, -0.05) is 12.1 Å². The Morgan fingerprint density at radius 3 is 2.42 bits per heavy atom. The molecule has 0 saturated heterocycles. The predicted octanol–water partition coefficient (Wildman–Crippen LogP) is 4.29. The number of hydrogen-bond acceptors (Lipinski definition) is 3. The van der Waals surface area contributed by atoms with E-state index in [1.54, 1.807) is 18.2 Å². The van der Waals surface area contributed by atoms with Gasteiger partial charge in [-0.05, 0) is 36.5 Å². The van der Waals surface area contributed by atoms with Gasteiger partial charge in [-0.2, -0.15) is 13.2 Å². The zero-order valence-electron chi connectivity index (χ0n) is 12.3. The van der Waals surface area contributed by atoms with Gasteiger partial charge in [0.25, 0.3) is 0 Å². The highest BCUT2D eigenvalue weighted by molar-refractivity contribution is 7.80. The third-order valence-electron chi connectivity index (χ3n) is 3.28. The fourth-order valence-electron chi connectivity index (χ4n) is 2.25. The van der Waals surface area contributed by atoms with Crippen LogP contribution in [0.5, 0.6) is 11.5 Å². The molecule has 0 aromatic heterocycles. The van der Waals surface area contributed by atoms with E-state index in [4.69, 9.17) is 21.7 Å². The number of fused-ring (bicyclic) bond motifs is 1. The van der Waals surface area contributed by atoms with E-state index in [-0.39, 0.29) is 10.8 Å². The smallest absolute Gasteiger partial charge is 0.418 e. The maximum atomic E-state index is 13.0. The van der Waals surface area contributed by atoms with Crippen molar-refractivity contribution in [3.8, 4) is 11.5 Å². The van der Waals surface area contributed by atoms with Crippen molar-refractivity contribution in [3.05, 3.63) is 48.0 Å². The third-order valence-corrected chi connectivity index (χ3v) is 3.48. The van der Waals surface area contributed by atoms with E-state index in [9.17, 15) is 13.2 Å². The van der Waals surface area contributed by atoms with Gasteiger partial charge in [-0.15, -0.1) is 0 Å². The maximum absolute atomic E-state index is 13.0. The third kappa shape index (κ3) is 3.70. The summed E-state index contributed by atoms with van der Waals surface area (Å²) in [6, 6.07) is 10.2. The first kappa shape index (κ1) is 16.4. The molecule has 0 aliphatic carbocycles. The number of nitrogens with one attached hydrogen (secondary N) is 2. The van der Waals surface area contributed by atoms with E-state index >= 15 is 0 Å². The number of anilines is 2. The standard InChI is InChI=1S/C16H13F3N2O2S/c17-16(18,19)11-3-1-2-4-12(11)21-15(24)20-10-5-6-13-14(9-10)23-8-7-22-13/h1-6,9H,7-8H2,(H2,20,21,24). The van der Waals surface area contributed by atoms with Crippen LogP contribution in [0.4, 0.5) is 24.5 Å². The van der Waals surface area contributed by atoms with Crippen LogP contribution in [0.15, 0.2) is 42.5 Å². The lowest BCUT2D eigenvalue weighted by Gasteiger charge is -2.20. The molecule has 126 valence electrons. The number of para-hydroxylation sites is 1. The van der Waals surface area contributed by atoms with E-state index in [0.29, 0.717) is 30.4 Å². The van der Waals surface area contributed by atoms with Crippen LogP contribution in [-0.2, 0) is 6.18 Å². The number of rotatable bonds is 2. The Labute approximate surface area is 141 Å². The maximum Gasteiger partial charge on any atom is 0.418 e. The number of thiocarbonyl (C=S) groups is 1. The molecule has 4 nitrogen and oxygen atoms in total. The zero-order valence-corrected chi connectivity index (χ0v) is 13.1. The van der Waals surface area contributed by atoms with E-state index in [1.165, 1.54) is 18.2 Å². The van der Waals surface area contributed by atoms with Crippen LogP contribution in [-0.4, -0.2) is 18.3 Å². The largest absolute Gasteiger partial charge is 0.486 e. The number of benzene rings is 2. The van der Waals surface area contributed by atoms with Gasteiger partial charge >= 0.3 is 6.18 Å². The van der Waals surface area contributed by atoms with Gasteiger partial charge in [0.05, 0.1) is 11.3 Å². The second-order valence-electron chi connectivity index (χ2n) is 4.98. The van der Waals surface area contributed by atoms with Crippen LogP contribution in [0.25, 0.3) is 0 Å². The van der Waals surface area contributed by atoms with Crippen LogP contribution < -0.4 is 20.1 Å². The van der Waals surface area contributed by atoms with Crippen LogP contribution in [0.3, 0.4) is 0 Å². The summed E-state index contributed by atoms with van der Waals surface area (Å²) in [4.78, 5) is 0.